The Morgan fingerprint density at radius 3 is 1.88 bits per heavy atom. The number of benzene rings is 4. The van der Waals surface area contributed by atoms with Gasteiger partial charge in [0.25, 0.3) is 8.32 Å². The number of carbonyl (C=O) groups is 6. The molecule has 0 spiro atoms. The number of ether oxygens (including phenoxy) is 2. The van der Waals surface area contributed by atoms with Gasteiger partial charge in [-0.1, -0.05) is 164 Å². The molecule has 5 aromatic rings. The zero-order valence-corrected chi connectivity index (χ0v) is 54.1. The Morgan fingerprint density at radius 2 is 1.27 bits per heavy atom. The fraction of sp³-hybridized carbons (Fsp3) is 0.492. The van der Waals surface area contributed by atoms with Crippen LogP contribution in [0, 0.1) is 11.8 Å². The second-order valence-corrected chi connectivity index (χ2v) is 29.4. The van der Waals surface area contributed by atoms with Crippen molar-refractivity contribution < 1.29 is 59.6 Å². The fourth-order valence-corrected chi connectivity index (χ4v) is 16.7. The molecule has 86 heavy (non-hydrogen) atoms. The summed E-state index contributed by atoms with van der Waals surface area (Å²) in [5.74, 6) is -2.23. The number of hydrogen-bond acceptors (Lipinski definition) is 12. The van der Waals surface area contributed by atoms with Crippen molar-refractivity contribution in [1.82, 2.24) is 42.2 Å². The van der Waals surface area contributed by atoms with Crippen molar-refractivity contribution >= 4 is 82.8 Å². The summed E-state index contributed by atoms with van der Waals surface area (Å²) >= 11 is 1.48. The monoisotopic (exact) mass is 1240 g/mol. The molecule has 0 saturated carbocycles. The number of nitrogens with one attached hydrogen (secondary N) is 8. The van der Waals surface area contributed by atoms with Gasteiger partial charge in [0.2, 0.25) is 29.5 Å². The summed E-state index contributed by atoms with van der Waals surface area (Å²) in [6.45, 7) is 20.1. The summed E-state index contributed by atoms with van der Waals surface area (Å²) in [5, 5.41) is 25.0. The SMILES string of the molecule is CC[C@H](C)[C@H](NC(=O)[C@H](C)NC(=O)CSC[C@@H]1CC[N+]2=C(N[C@H](CO[Si](c3ccccc3)(c3ccccc3)C(C)(C)C)CC2)N1)C(=O)N[C@H](C(=O)N[C@@H](CC(C)C)C(=O)N[C@@H](Cc1c[nH]c2ccccc12)C(=O)OC)[C@@H](C)OCc1ccccc1.[Cl-]. The maximum Gasteiger partial charge on any atom is 0.346 e. The number of fused-ring (bicyclic) bond motifs is 1. The molecule has 0 radical (unpaired) electrons. The Labute approximate surface area is 519 Å². The van der Waals surface area contributed by atoms with Crippen molar-refractivity contribution in [2.75, 3.05) is 38.3 Å². The molecule has 0 bridgehead atoms. The van der Waals surface area contributed by atoms with Gasteiger partial charge in [0, 0.05) is 42.1 Å². The predicted molar refractivity (Wildman–Crippen MR) is 338 cm³/mol. The molecule has 466 valence electrons. The first-order valence-electron chi connectivity index (χ1n) is 30.0. The van der Waals surface area contributed by atoms with E-state index in [1.165, 1.54) is 29.2 Å². The van der Waals surface area contributed by atoms with E-state index in [9.17, 15) is 28.8 Å². The molecule has 7 rings (SSSR count). The number of esters is 1. The number of para-hydroxylation sites is 1. The molecule has 4 aromatic carbocycles. The Kier molecular flexibility index (Phi) is 25.7. The number of guanidine groups is 1. The number of rotatable bonds is 29. The molecular weight excluding hydrogens is 1150 g/mol. The highest BCUT2D eigenvalue weighted by Crippen LogP contribution is 2.37. The molecule has 21 heteroatoms. The number of thioether (sulfide) groups is 1. The molecule has 9 atom stereocenters. The third kappa shape index (κ3) is 18.2. The third-order valence-electron chi connectivity index (χ3n) is 16.2. The molecule has 8 N–H and O–H groups in total. The van der Waals surface area contributed by atoms with Gasteiger partial charge in [0.1, 0.15) is 30.2 Å². The number of amides is 5. The van der Waals surface area contributed by atoms with Gasteiger partial charge in [0.05, 0.1) is 57.4 Å². The molecule has 5 amide bonds. The number of carbonyl (C=O) groups excluding carboxylic acids is 6. The quantitative estimate of drug-likeness (QED) is 0.0196. The van der Waals surface area contributed by atoms with Crippen LogP contribution >= 0.6 is 11.8 Å². The molecule has 0 unspecified atom stereocenters. The van der Waals surface area contributed by atoms with E-state index >= 15 is 0 Å². The van der Waals surface area contributed by atoms with Crippen LogP contribution < -0.4 is 60.0 Å². The minimum Gasteiger partial charge on any atom is -1.00 e. The lowest BCUT2D eigenvalue weighted by Gasteiger charge is -2.44. The summed E-state index contributed by atoms with van der Waals surface area (Å²) in [4.78, 5) is 87.1. The summed E-state index contributed by atoms with van der Waals surface area (Å²) in [6, 6.07) is 32.9. The lowest BCUT2D eigenvalue weighted by atomic mass is 9.97. The number of methoxy groups -OCH3 is 1. The van der Waals surface area contributed by atoms with Crippen LogP contribution in [0.2, 0.25) is 5.04 Å². The van der Waals surface area contributed by atoms with Crippen molar-refractivity contribution in [3.05, 3.63) is 133 Å². The Balaban J connectivity index is 0.0000118. The lowest BCUT2D eigenvalue weighted by Crippen LogP contribution is -3.00. The van der Waals surface area contributed by atoms with Crippen LogP contribution in [0.4, 0.5) is 0 Å². The van der Waals surface area contributed by atoms with Gasteiger partial charge in [-0.2, -0.15) is 0 Å². The smallest absolute Gasteiger partial charge is 0.346 e. The van der Waals surface area contributed by atoms with Gasteiger partial charge in [0.15, 0.2) is 0 Å². The number of H-pyrrole nitrogens is 1. The van der Waals surface area contributed by atoms with E-state index in [0.717, 1.165) is 53.9 Å². The fourth-order valence-electron chi connectivity index (χ4n) is 11.2. The molecule has 0 aliphatic carbocycles. The average molecular weight is 1240 g/mol. The Morgan fingerprint density at radius 1 is 0.698 bits per heavy atom. The maximum absolute atomic E-state index is 14.6. The van der Waals surface area contributed by atoms with Crippen molar-refractivity contribution in [2.45, 2.75) is 154 Å². The van der Waals surface area contributed by atoms with Crippen LogP contribution in [-0.4, -0.2) is 146 Å². The molecular formula is C65H90ClN9O9SSi. The molecule has 1 aromatic heterocycles. The highest BCUT2D eigenvalue weighted by atomic mass is 35.5. The molecule has 18 nitrogen and oxygen atoms in total. The van der Waals surface area contributed by atoms with Crippen molar-refractivity contribution in [1.29, 1.82) is 0 Å². The van der Waals surface area contributed by atoms with E-state index in [4.69, 9.17) is 13.9 Å². The highest BCUT2D eigenvalue weighted by molar-refractivity contribution is 8.00. The second-order valence-electron chi connectivity index (χ2n) is 24.1. The molecule has 3 heterocycles. The number of nitrogens with zero attached hydrogens (tertiary/aromatic N) is 1. The van der Waals surface area contributed by atoms with E-state index in [-0.39, 0.29) is 66.6 Å². The van der Waals surface area contributed by atoms with Gasteiger partial charge in [-0.05, 0) is 64.7 Å². The van der Waals surface area contributed by atoms with E-state index in [0.29, 0.717) is 18.8 Å². The zero-order valence-electron chi connectivity index (χ0n) is 51.5. The molecule has 2 aliphatic heterocycles. The normalized spacial score (nSPS) is 17.6. The third-order valence-corrected chi connectivity index (χ3v) is 22.3. The van der Waals surface area contributed by atoms with Gasteiger partial charge < -0.3 is 57.9 Å². The number of aromatic amines is 1. The van der Waals surface area contributed by atoms with Crippen LogP contribution in [0.1, 0.15) is 99.1 Å². The van der Waals surface area contributed by atoms with Crippen molar-refractivity contribution in [2.24, 2.45) is 11.8 Å². The summed E-state index contributed by atoms with van der Waals surface area (Å²) < 4.78 is 21.0. The van der Waals surface area contributed by atoms with Crippen molar-refractivity contribution in [3.63, 3.8) is 0 Å². The number of halogens is 1. The Hall–Kier alpha value is -6.71. The second kappa shape index (κ2) is 32.3. The molecule has 2 aliphatic rings. The number of hydrogen-bond donors (Lipinski definition) is 8. The van der Waals surface area contributed by atoms with Crippen LogP contribution in [0.3, 0.4) is 0 Å². The van der Waals surface area contributed by atoms with E-state index in [1.54, 1.807) is 20.0 Å². The van der Waals surface area contributed by atoms with Gasteiger partial charge in [-0.25, -0.2) is 4.79 Å². The van der Waals surface area contributed by atoms with Gasteiger partial charge in [-0.15, -0.1) is 11.8 Å². The molecule has 0 fully saturated rings. The maximum atomic E-state index is 14.6. The van der Waals surface area contributed by atoms with Crippen LogP contribution in [0.15, 0.2) is 121 Å². The van der Waals surface area contributed by atoms with Gasteiger partial charge >= 0.3 is 11.9 Å². The summed E-state index contributed by atoms with van der Waals surface area (Å²) in [5.41, 5.74) is 2.50. The number of aromatic nitrogens is 1. The standard InChI is InChI=1S/C65H89N9O9SSi.ClH/c1-11-43(4)57(61(78)73-58(45(6)82-38-46-23-15-12-16-24-46)62(79)70-54(35-42(2)3)60(77)71-55(63(80)81-10)36-47-37-66-53-30-22-21-29-52(47)53)72-59(76)44(5)67-56(75)41-84-40-49-32-34-74-33-31-48(68-64(74)69-49)39-83-85(65(7,8)9,50-25-17-13-18-26-50)51-27-19-14-20-28-51;/h12-30,37,42-45,48-49,54-55,57-58,66H,11,31-36,38-41H2,1-10H3,(H6,67,68,69,70,71,72,73,75,76,77,78,79);1H/t43-,44-,45+,48-,49-,54-,55-,57-,58-;/m0./s1. The van der Waals surface area contributed by atoms with E-state index in [1.807, 2.05) is 82.3 Å². The highest BCUT2D eigenvalue weighted by Gasteiger charge is 2.51. The largest absolute Gasteiger partial charge is 1.00 e. The van der Waals surface area contributed by atoms with Gasteiger partial charge in [-0.3, -0.25) is 39.2 Å². The first-order valence-corrected chi connectivity index (χ1v) is 33.0. The van der Waals surface area contributed by atoms with Crippen LogP contribution in [0.5, 0.6) is 0 Å². The average Bonchev–Trinajstić information content (AvgIpc) is 1.32. The minimum absolute atomic E-state index is 0. The predicted octanol–water partition coefficient (Wildman–Crippen LogP) is 2.43. The van der Waals surface area contributed by atoms with E-state index < -0.39 is 80.1 Å². The van der Waals surface area contributed by atoms with Crippen molar-refractivity contribution in [3.8, 4) is 0 Å². The van der Waals surface area contributed by atoms with Crippen LogP contribution in [-0.2, 0) is 55.7 Å². The zero-order chi connectivity index (χ0) is 61.3. The summed E-state index contributed by atoms with van der Waals surface area (Å²) in [6.07, 6.45) is 3.50. The van der Waals surface area contributed by atoms with Crippen LogP contribution in [0.25, 0.3) is 10.9 Å². The Bertz CT molecular complexity index is 3020. The lowest BCUT2D eigenvalue weighted by molar-refractivity contribution is -0.542. The summed E-state index contributed by atoms with van der Waals surface area (Å²) in [7, 11) is -1.47. The topological polar surface area (TPSA) is 233 Å². The first kappa shape index (κ1) is 68.4. The first-order chi connectivity index (χ1) is 40.7. The van der Waals surface area contributed by atoms with E-state index in [2.05, 4.69) is 128 Å². The minimum atomic E-state index is -2.72. The molecule has 0 saturated heterocycles.